The molecule has 0 radical (unpaired) electrons. The number of aryl methyl sites for hydroxylation is 2. The van der Waals surface area contributed by atoms with Crippen molar-refractivity contribution in [2.45, 2.75) is 26.2 Å². The summed E-state index contributed by atoms with van der Waals surface area (Å²) in [5, 5.41) is 2.71. The third-order valence-corrected chi connectivity index (χ3v) is 5.26. The predicted octanol–water partition coefficient (Wildman–Crippen LogP) is 2.99. The van der Waals surface area contributed by atoms with E-state index >= 15 is 0 Å². The number of hydrogen-bond donors (Lipinski definition) is 1. The quantitative estimate of drug-likeness (QED) is 0.743. The molecule has 28 heavy (non-hydrogen) atoms. The van der Waals surface area contributed by atoms with Gasteiger partial charge in [0.2, 0.25) is 0 Å². The molecule has 6 heteroatoms. The van der Waals surface area contributed by atoms with Crippen LogP contribution in [0.1, 0.15) is 23.2 Å². The van der Waals surface area contributed by atoms with Crippen molar-refractivity contribution >= 4 is 11.6 Å². The molecule has 1 amide bonds. The largest absolute Gasteiger partial charge is 0.484 e. The molecule has 1 aromatic heterocycles. The Balaban J connectivity index is 1.48. The molecule has 0 saturated carbocycles. The van der Waals surface area contributed by atoms with Gasteiger partial charge in [0.1, 0.15) is 11.4 Å². The number of para-hydroxylation sites is 1. The van der Waals surface area contributed by atoms with E-state index < -0.39 is 0 Å². The van der Waals surface area contributed by atoms with Crippen LogP contribution in [0, 0.1) is 6.92 Å². The van der Waals surface area contributed by atoms with Crippen LogP contribution in [0.3, 0.4) is 0 Å². The maximum atomic E-state index is 12.8. The molecule has 1 aliphatic rings. The lowest BCUT2D eigenvalue weighted by atomic mass is 10.1. The van der Waals surface area contributed by atoms with Crippen LogP contribution < -0.4 is 15.6 Å². The lowest BCUT2D eigenvalue weighted by Gasteiger charge is -2.08. The van der Waals surface area contributed by atoms with E-state index in [2.05, 4.69) is 11.4 Å². The van der Waals surface area contributed by atoms with Crippen molar-refractivity contribution in [3.63, 3.8) is 0 Å². The number of carbonyl (C=O) groups excluding carboxylic acids is 1. The van der Waals surface area contributed by atoms with E-state index in [-0.39, 0.29) is 23.8 Å². The highest BCUT2D eigenvalue weighted by molar-refractivity contribution is 5.92. The molecule has 1 aliphatic carbocycles. The molecule has 0 atom stereocenters. The first-order valence-electron chi connectivity index (χ1n) is 9.43. The molecule has 1 N–H and O–H groups in total. The number of ether oxygens (including phenoxy) is 1. The Kier molecular flexibility index (Phi) is 4.77. The van der Waals surface area contributed by atoms with E-state index in [1.807, 2.05) is 42.5 Å². The number of hydrogen-bond acceptors (Lipinski definition) is 3. The molecular formula is C22H23N3O3. The predicted molar refractivity (Wildman–Crippen MR) is 108 cm³/mol. The summed E-state index contributed by atoms with van der Waals surface area (Å²) in [4.78, 5) is 25.2. The zero-order chi connectivity index (χ0) is 19.7. The Morgan fingerprint density at radius 3 is 2.64 bits per heavy atom. The number of nitrogens with zero attached hydrogens (tertiary/aromatic N) is 2. The van der Waals surface area contributed by atoms with Crippen LogP contribution in [0.2, 0.25) is 0 Å². The van der Waals surface area contributed by atoms with E-state index in [9.17, 15) is 9.59 Å². The second-order valence-corrected chi connectivity index (χ2v) is 7.06. The van der Waals surface area contributed by atoms with E-state index in [4.69, 9.17) is 4.74 Å². The van der Waals surface area contributed by atoms with Crippen LogP contribution in [-0.4, -0.2) is 21.9 Å². The molecule has 0 spiro atoms. The molecular weight excluding hydrogens is 354 g/mol. The molecule has 4 rings (SSSR count). The number of anilines is 1. The van der Waals surface area contributed by atoms with E-state index in [1.165, 1.54) is 22.2 Å². The second-order valence-electron chi connectivity index (χ2n) is 7.06. The van der Waals surface area contributed by atoms with Crippen LogP contribution in [0.5, 0.6) is 5.75 Å². The standard InChI is InChI=1S/C22H23N3O3/c1-15-21(22(27)25(24(15)2)18-9-4-3-5-10-18)23-20(26)14-28-19-12-11-16-7-6-8-17(16)13-19/h3-5,9-13H,6-8,14H2,1-2H3,(H,23,26). The van der Waals surface area contributed by atoms with Gasteiger partial charge in [-0.15, -0.1) is 0 Å². The van der Waals surface area contributed by atoms with Gasteiger partial charge in [-0.2, -0.15) is 0 Å². The third-order valence-electron chi connectivity index (χ3n) is 5.26. The van der Waals surface area contributed by atoms with Crippen LogP contribution in [0.4, 0.5) is 5.69 Å². The zero-order valence-electron chi connectivity index (χ0n) is 16.1. The number of amides is 1. The minimum absolute atomic E-state index is 0.141. The van der Waals surface area contributed by atoms with Gasteiger partial charge in [0.15, 0.2) is 6.61 Å². The molecule has 6 nitrogen and oxygen atoms in total. The lowest BCUT2D eigenvalue weighted by molar-refractivity contribution is -0.118. The van der Waals surface area contributed by atoms with Gasteiger partial charge in [0.25, 0.3) is 11.5 Å². The highest BCUT2D eigenvalue weighted by atomic mass is 16.5. The van der Waals surface area contributed by atoms with Crippen LogP contribution in [0.25, 0.3) is 5.69 Å². The van der Waals surface area contributed by atoms with Gasteiger partial charge < -0.3 is 10.1 Å². The van der Waals surface area contributed by atoms with E-state index in [1.54, 1.807) is 18.7 Å². The molecule has 0 fully saturated rings. The van der Waals surface area contributed by atoms with Gasteiger partial charge in [-0.1, -0.05) is 24.3 Å². The first kappa shape index (κ1) is 18.1. The number of rotatable bonds is 5. The topological polar surface area (TPSA) is 65.3 Å². The molecule has 0 saturated heterocycles. The Bertz CT molecular complexity index is 1080. The maximum absolute atomic E-state index is 12.8. The van der Waals surface area contributed by atoms with Gasteiger partial charge >= 0.3 is 0 Å². The summed E-state index contributed by atoms with van der Waals surface area (Å²) in [6.07, 6.45) is 3.33. The van der Waals surface area contributed by atoms with E-state index in [0.717, 1.165) is 18.5 Å². The SMILES string of the molecule is Cc1c(NC(=O)COc2ccc3c(c2)CCC3)c(=O)n(-c2ccccc2)n1C. The van der Waals surface area contributed by atoms with Gasteiger partial charge in [0, 0.05) is 7.05 Å². The number of nitrogens with one attached hydrogen (secondary N) is 1. The average Bonchev–Trinajstić information content (AvgIpc) is 3.25. The van der Waals surface area contributed by atoms with Gasteiger partial charge in [0.05, 0.1) is 11.4 Å². The van der Waals surface area contributed by atoms with E-state index in [0.29, 0.717) is 11.4 Å². The van der Waals surface area contributed by atoms with Crippen molar-refractivity contribution in [2.75, 3.05) is 11.9 Å². The van der Waals surface area contributed by atoms with Crippen LogP contribution in [0.15, 0.2) is 53.3 Å². The third kappa shape index (κ3) is 3.33. The molecule has 144 valence electrons. The molecule has 3 aromatic rings. The Hall–Kier alpha value is -3.28. The Morgan fingerprint density at radius 1 is 1.11 bits per heavy atom. The smallest absolute Gasteiger partial charge is 0.295 e. The summed E-state index contributed by atoms with van der Waals surface area (Å²) in [5.74, 6) is 0.328. The van der Waals surface area contributed by atoms with Crippen LogP contribution >= 0.6 is 0 Å². The minimum atomic E-state index is -0.355. The molecule has 0 unspecified atom stereocenters. The molecule has 0 bridgehead atoms. The number of carbonyl (C=O) groups is 1. The van der Waals surface area contributed by atoms with Crippen molar-refractivity contribution in [1.82, 2.24) is 9.36 Å². The van der Waals surface area contributed by atoms with Crippen LogP contribution in [-0.2, 0) is 24.7 Å². The van der Waals surface area contributed by atoms with Gasteiger partial charge in [-0.25, -0.2) is 4.68 Å². The Labute approximate surface area is 163 Å². The highest BCUT2D eigenvalue weighted by Crippen LogP contribution is 2.26. The van der Waals surface area contributed by atoms with Crippen molar-refractivity contribution in [2.24, 2.45) is 7.05 Å². The summed E-state index contributed by atoms with van der Waals surface area (Å²) in [6.45, 7) is 1.66. The fraction of sp³-hybridized carbons (Fsp3) is 0.273. The molecule has 0 aliphatic heterocycles. The van der Waals surface area contributed by atoms with Gasteiger partial charge in [-0.3, -0.25) is 14.3 Å². The summed E-state index contributed by atoms with van der Waals surface area (Å²) in [5.41, 5.74) is 4.08. The zero-order valence-corrected chi connectivity index (χ0v) is 16.1. The number of benzene rings is 2. The normalized spacial score (nSPS) is 12.6. The molecule has 1 heterocycles. The monoisotopic (exact) mass is 377 g/mol. The summed E-state index contributed by atoms with van der Waals surface area (Å²) < 4.78 is 8.90. The summed E-state index contributed by atoms with van der Waals surface area (Å²) in [6, 6.07) is 15.3. The fourth-order valence-electron chi connectivity index (χ4n) is 3.67. The Morgan fingerprint density at radius 2 is 1.86 bits per heavy atom. The first-order valence-corrected chi connectivity index (χ1v) is 9.43. The fourth-order valence-corrected chi connectivity index (χ4v) is 3.67. The average molecular weight is 377 g/mol. The second kappa shape index (κ2) is 7.38. The van der Waals surface area contributed by atoms with Crippen molar-refractivity contribution in [3.8, 4) is 11.4 Å². The number of fused-ring (bicyclic) bond motifs is 1. The summed E-state index contributed by atoms with van der Waals surface area (Å²) in [7, 11) is 1.79. The first-order chi connectivity index (χ1) is 13.5. The summed E-state index contributed by atoms with van der Waals surface area (Å²) >= 11 is 0. The minimum Gasteiger partial charge on any atom is -0.484 e. The maximum Gasteiger partial charge on any atom is 0.295 e. The van der Waals surface area contributed by atoms with Crippen molar-refractivity contribution < 1.29 is 9.53 Å². The van der Waals surface area contributed by atoms with Crippen molar-refractivity contribution in [1.29, 1.82) is 0 Å². The lowest BCUT2D eigenvalue weighted by Crippen LogP contribution is -2.25. The number of aromatic nitrogens is 2. The highest BCUT2D eigenvalue weighted by Gasteiger charge is 2.18. The van der Waals surface area contributed by atoms with Gasteiger partial charge in [-0.05, 0) is 61.6 Å². The molecule has 2 aromatic carbocycles. The van der Waals surface area contributed by atoms with Crippen molar-refractivity contribution in [3.05, 3.63) is 75.7 Å².